The molecule has 2 aromatic rings. The molecule has 1 aliphatic carbocycles. The van der Waals surface area contributed by atoms with Gasteiger partial charge in [0.05, 0.1) is 5.01 Å². The minimum absolute atomic E-state index is 0.200. The Morgan fingerprint density at radius 3 is 3.16 bits per heavy atom. The van der Waals surface area contributed by atoms with Crippen LogP contribution in [0.2, 0.25) is 0 Å². The molecule has 100 valence electrons. The number of aromatic nitrogens is 4. The summed E-state index contributed by atoms with van der Waals surface area (Å²) in [6.45, 7) is 2.58. The van der Waals surface area contributed by atoms with Crippen LogP contribution in [-0.4, -0.2) is 32.6 Å². The normalized spacial score (nSPS) is 16.3. The zero-order chi connectivity index (χ0) is 13.2. The smallest absolute Gasteiger partial charge is 0.290 e. The number of rotatable bonds is 5. The van der Waals surface area contributed by atoms with Gasteiger partial charge in [0.1, 0.15) is 5.82 Å². The van der Waals surface area contributed by atoms with Crippen LogP contribution in [0.15, 0.2) is 11.6 Å². The van der Waals surface area contributed by atoms with E-state index in [0.29, 0.717) is 12.5 Å². The molecule has 19 heavy (non-hydrogen) atoms. The van der Waals surface area contributed by atoms with Gasteiger partial charge in [-0.3, -0.25) is 9.89 Å². The third kappa shape index (κ3) is 2.81. The Balaban J connectivity index is 1.55. The van der Waals surface area contributed by atoms with Crippen LogP contribution in [0.3, 0.4) is 0 Å². The van der Waals surface area contributed by atoms with Crippen LogP contribution in [-0.2, 0) is 0 Å². The SMILES string of the molecule is CC(CNC(=O)c1n[nH]c(C2CC2)n1)c1nccs1. The molecule has 0 radical (unpaired) electrons. The zero-order valence-corrected chi connectivity index (χ0v) is 11.4. The first kappa shape index (κ1) is 12.3. The van der Waals surface area contributed by atoms with Crippen LogP contribution < -0.4 is 5.32 Å². The van der Waals surface area contributed by atoms with E-state index in [9.17, 15) is 4.79 Å². The molecule has 0 aliphatic heterocycles. The van der Waals surface area contributed by atoms with Crippen molar-refractivity contribution in [1.29, 1.82) is 0 Å². The van der Waals surface area contributed by atoms with Crippen LogP contribution in [0.25, 0.3) is 0 Å². The fourth-order valence-electron chi connectivity index (χ4n) is 1.81. The molecule has 0 aromatic carbocycles. The van der Waals surface area contributed by atoms with Crippen molar-refractivity contribution in [3.05, 3.63) is 28.2 Å². The Hall–Kier alpha value is -1.76. The van der Waals surface area contributed by atoms with E-state index in [1.165, 1.54) is 0 Å². The van der Waals surface area contributed by atoms with Gasteiger partial charge < -0.3 is 5.32 Å². The number of nitrogens with zero attached hydrogens (tertiary/aromatic N) is 3. The third-order valence-electron chi connectivity index (χ3n) is 3.11. The highest BCUT2D eigenvalue weighted by atomic mass is 32.1. The lowest BCUT2D eigenvalue weighted by atomic mass is 10.2. The van der Waals surface area contributed by atoms with Crippen molar-refractivity contribution in [2.24, 2.45) is 0 Å². The second-order valence-electron chi connectivity index (χ2n) is 4.80. The van der Waals surface area contributed by atoms with Gasteiger partial charge in [-0.2, -0.15) is 0 Å². The lowest BCUT2D eigenvalue weighted by Crippen LogP contribution is -2.28. The molecule has 1 amide bonds. The molecule has 3 rings (SSSR count). The number of nitrogens with one attached hydrogen (secondary N) is 2. The maximum atomic E-state index is 11.9. The van der Waals surface area contributed by atoms with Crippen LogP contribution in [0, 0.1) is 0 Å². The molecule has 1 unspecified atom stereocenters. The number of aromatic amines is 1. The van der Waals surface area contributed by atoms with Crippen molar-refractivity contribution in [1.82, 2.24) is 25.5 Å². The van der Waals surface area contributed by atoms with Crippen molar-refractivity contribution in [3.63, 3.8) is 0 Å². The second kappa shape index (κ2) is 5.08. The molecular formula is C12H15N5OS. The average Bonchev–Trinajstić information content (AvgIpc) is 2.96. The van der Waals surface area contributed by atoms with Gasteiger partial charge in [0.2, 0.25) is 5.82 Å². The van der Waals surface area contributed by atoms with Crippen LogP contribution in [0.5, 0.6) is 0 Å². The molecule has 1 saturated carbocycles. The summed E-state index contributed by atoms with van der Waals surface area (Å²) in [6.07, 6.45) is 4.05. The summed E-state index contributed by atoms with van der Waals surface area (Å²) in [6, 6.07) is 0. The van der Waals surface area contributed by atoms with E-state index in [0.717, 1.165) is 23.7 Å². The van der Waals surface area contributed by atoms with E-state index >= 15 is 0 Å². The number of thiazole rings is 1. The molecule has 2 heterocycles. The number of H-pyrrole nitrogens is 1. The van der Waals surface area contributed by atoms with Crippen molar-refractivity contribution in [2.45, 2.75) is 31.6 Å². The van der Waals surface area contributed by atoms with E-state index in [-0.39, 0.29) is 17.6 Å². The topological polar surface area (TPSA) is 83.6 Å². The molecule has 0 spiro atoms. The highest BCUT2D eigenvalue weighted by molar-refractivity contribution is 7.09. The van der Waals surface area contributed by atoms with Crippen molar-refractivity contribution < 1.29 is 4.79 Å². The van der Waals surface area contributed by atoms with Gasteiger partial charge in [0, 0.05) is 30.0 Å². The fourth-order valence-corrected chi connectivity index (χ4v) is 2.50. The standard InChI is InChI=1S/C12H15N5OS/c1-7(12-13-4-5-19-12)6-14-11(18)10-15-9(16-17-10)8-2-3-8/h4-5,7-8H,2-3,6H2,1H3,(H,14,18)(H,15,16,17). The van der Waals surface area contributed by atoms with Crippen LogP contribution in [0.4, 0.5) is 0 Å². The predicted molar refractivity (Wildman–Crippen MR) is 71.2 cm³/mol. The van der Waals surface area contributed by atoms with Crippen molar-refractivity contribution >= 4 is 17.2 Å². The Morgan fingerprint density at radius 2 is 2.47 bits per heavy atom. The third-order valence-corrected chi connectivity index (χ3v) is 4.12. The first-order valence-corrected chi connectivity index (χ1v) is 7.22. The molecule has 2 aromatic heterocycles. The summed E-state index contributed by atoms with van der Waals surface area (Å²) < 4.78 is 0. The molecule has 0 bridgehead atoms. The summed E-state index contributed by atoms with van der Waals surface area (Å²) >= 11 is 1.59. The van der Waals surface area contributed by atoms with E-state index in [2.05, 4.69) is 25.5 Å². The number of hydrogen-bond acceptors (Lipinski definition) is 5. The summed E-state index contributed by atoms with van der Waals surface area (Å²) in [5.41, 5.74) is 0. The van der Waals surface area contributed by atoms with E-state index in [1.807, 2.05) is 12.3 Å². The van der Waals surface area contributed by atoms with Crippen LogP contribution >= 0.6 is 11.3 Å². The van der Waals surface area contributed by atoms with Gasteiger partial charge in [0.15, 0.2) is 0 Å². The Labute approximate surface area is 114 Å². The summed E-state index contributed by atoms with van der Waals surface area (Å²) in [5.74, 6) is 1.51. The maximum Gasteiger partial charge on any atom is 0.290 e. The minimum atomic E-state index is -0.230. The van der Waals surface area contributed by atoms with Gasteiger partial charge in [-0.05, 0) is 12.8 Å². The quantitative estimate of drug-likeness (QED) is 0.870. The van der Waals surface area contributed by atoms with Gasteiger partial charge in [-0.1, -0.05) is 6.92 Å². The molecule has 7 heteroatoms. The van der Waals surface area contributed by atoms with E-state index in [4.69, 9.17) is 0 Å². The van der Waals surface area contributed by atoms with Crippen molar-refractivity contribution in [2.75, 3.05) is 6.54 Å². The van der Waals surface area contributed by atoms with Crippen LogP contribution in [0.1, 0.15) is 53.1 Å². The summed E-state index contributed by atoms with van der Waals surface area (Å²) in [7, 11) is 0. The van der Waals surface area contributed by atoms with E-state index < -0.39 is 0 Å². The number of carbonyl (C=O) groups is 1. The molecule has 1 atom stereocenters. The zero-order valence-electron chi connectivity index (χ0n) is 10.6. The molecule has 1 fully saturated rings. The summed E-state index contributed by atoms with van der Waals surface area (Å²) in [4.78, 5) is 20.4. The Bertz CT molecular complexity index is 560. The van der Waals surface area contributed by atoms with Gasteiger partial charge in [-0.25, -0.2) is 9.97 Å². The lowest BCUT2D eigenvalue weighted by molar-refractivity contribution is 0.0941. The number of carbonyl (C=O) groups excluding carboxylic acids is 1. The Kier molecular flexibility index (Phi) is 3.29. The molecule has 6 nitrogen and oxygen atoms in total. The highest BCUT2D eigenvalue weighted by Crippen LogP contribution is 2.37. The molecular weight excluding hydrogens is 262 g/mol. The largest absolute Gasteiger partial charge is 0.349 e. The van der Waals surface area contributed by atoms with E-state index in [1.54, 1.807) is 17.5 Å². The monoisotopic (exact) mass is 277 g/mol. The second-order valence-corrected chi connectivity index (χ2v) is 5.73. The van der Waals surface area contributed by atoms with Gasteiger partial charge >= 0.3 is 0 Å². The molecule has 2 N–H and O–H groups in total. The first-order valence-electron chi connectivity index (χ1n) is 6.34. The predicted octanol–water partition coefficient (Wildman–Crippen LogP) is 1.67. The van der Waals surface area contributed by atoms with Gasteiger partial charge in [0.25, 0.3) is 5.91 Å². The average molecular weight is 277 g/mol. The fraction of sp³-hybridized carbons (Fsp3) is 0.500. The Morgan fingerprint density at radius 1 is 1.63 bits per heavy atom. The lowest BCUT2D eigenvalue weighted by Gasteiger charge is -2.08. The van der Waals surface area contributed by atoms with Gasteiger partial charge in [-0.15, -0.1) is 16.4 Å². The summed E-state index contributed by atoms with van der Waals surface area (Å²) in [5, 5.41) is 12.6. The van der Waals surface area contributed by atoms with Crippen molar-refractivity contribution in [3.8, 4) is 0 Å². The maximum absolute atomic E-state index is 11.9. The highest BCUT2D eigenvalue weighted by Gasteiger charge is 2.28. The molecule has 1 aliphatic rings. The minimum Gasteiger partial charge on any atom is -0.349 e. The number of hydrogen-bond donors (Lipinski definition) is 2. The first-order chi connectivity index (χ1) is 9.24. The number of amides is 1. The molecule has 0 saturated heterocycles.